The van der Waals surface area contributed by atoms with Crippen molar-refractivity contribution in [2.75, 3.05) is 6.61 Å². The Morgan fingerprint density at radius 2 is 2.15 bits per heavy atom. The first-order valence-corrected chi connectivity index (χ1v) is 5.61. The second-order valence-corrected chi connectivity index (χ2v) is 4.32. The summed E-state index contributed by atoms with van der Waals surface area (Å²) in [4.78, 5) is 36.3. The highest BCUT2D eigenvalue weighted by molar-refractivity contribution is 5.82. The summed E-state index contributed by atoms with van der Waals surface area (Å²) >= 11 is 0. The molecule has 0 saturated carbocycles. The number of nitrogens with two attached hydrogens (primary N) is 1. The Balaban J connectivity index is 2.65. The molecule has 0 spiro atoms. The second-order valence-electron chi connectivity index (χ2n) is 4.32. The quantitative estimate of drug-likeness (QED) is 0.375. The molecule has 6 N–H and O–H groups in total. The minimum absolute atomic E-state index is 0.570. The van der Waals surface area contributed by atoms with Crippen LogP contribution < -0.4 is 17.0 Å². The summed E-state index contributed by atoms with van der Waals surface area (Å²) in [6, 6.07) is 0.917. The Morgan fingerprint density at radius 3 is 2.60 bits per heavy atom. The van der Waals surface area contributed by atoms with Gasteiger partial charge in [-0.2, -0.15) is 0 Å². The molecule has 1 aliphatic heterocycles. The zero-order valence-electron chi connectivity index (χ0n) is 10.1. The highest BCUT2D eigenvalue weighted by Gasteiger charge is 2.60. The van der Waals surface area contributed by atoms with Gasteiger partial charge in [0.15, 0.2) is 0 Å². The summed E-state index contributed by atoms with van der Waals surface area (Å²) in [5, 5.41) is 28.7. The van der Waals surface area contributed by atoms with E-state index in [2.05, 4.69) is 0 Å². The number of nitrogens with zero attached hydrogens (tertiary/aromatic N) is 1. The first-order valence-electron chi connectivity index (χ1n) is 5.61. The third kappa shape index (κ3) is 1.86. The molecule has 4 atom stereocenters. The maximum absolute atomic E-state index is 11.7. The van der Waals surface area contributed by atoms with Crippen LogP contribution in [0.4, 0.5) is 0 Å². The van der Waals surface area contributed by atoms with Gasteiger partial charge in [-0.3, -0.25) is 19.1 Å². The lowest BCUT2D eigenvalue weighted by atomic mass is 10.0. The number of aliphatic hydroxyl groups is 3. The zero-order valence-corrected chi connectivity index (χ0v) is 10.1. The van der Waals surface area contributed by atoms with Gasteiger partial charge in [0.1, 0.15) is 18.3 Å². The van der Waals surface area contributed by atoms with Gasteiger partial charge in [-0.05, 0) is 0 Å². The summed E-state index contributed by atoms with van der Waals surface area (Å²) in [6.45, 7) is -0.703. The summed E-state index contributed by atoms with van der Waals surface area (Å²) in [7, 11) is 0. The zero-order chi connectivity index (χ0) is 15.1. The first-order chi connectivity index (χ1) is 9.34. The number of amides is 1. The summed E-state index contributed by atoms with van der Waals surface area (Å²) in [6.07, 6.45) is -3.93. The number of carbonyl (C=O) groups is 1. The number of ether oxygens (including phenoxy) is 1. The van der Waals surface area contributed by atoms with Gasteiger partial charge >= 0.3 is 5.69 Å². The molecule has 0 bridgehead atoms. The molecule has 0 unspecified atom stereocenters. The Labute approximate surface area is 111 Å². The van der Waals surface area contributed by atoms with E-state index in [1.807, 2.05) is 4.98 Å². The molecule has 2 rings (SSSR count). The van der Waals surface area contributed by atoms with Crippen LogP contribution in [0.2, 0.25) is 0 Å². The maximum Gasteiger partial charge on any atom is 0.331 e. The molecular weight excluding hydrogens is 274 g/mol. The third-order valence-electron chi connectivity index (χ3n) is 3.15. The van der Waals surface area contributed by atoms with Gasteiger partial charge in [0, 0.05) is 12.3 Å². The van der Waals surface area contributed by atoms with E-state index in [1.54, 1.807) is 0 Å². The van der Waals surface area contributed by atoms with E-state index >= 15 is 0 Å². The van der Waals surface area contributed by atoms with Crippen LogP contribution in [-0.2, 0) is 15.3 Å². The van der Waals surface area contributed by atoms with Gasteiger partial charge in [-0.1, -0.05) is 0 Å². The lowest BCUT2D eigenvalue weighted by Gasteiger charge is -2.30. The molecule has 1 amide bonds. The fourth-order valence-electron chi connectivity index (χ4n) is 2.15. The molecule has 2 heterocycles. The first kappa shape index (κ1) is 14.4. The van der Waals surface area contributed by atoms with Crippen LogP contribution >= 0.6 is 0 Å². The standard InChI is InChI=1S/C10H13N3O7/c11-8(18)10(7(17)6(16)4(3-14)20-10)13-2-1-5(15)12-9(13)19/h1-2,4,6-7,14,16-17H,3H2,(H2,11,18)(H,12,15,19)/t4-,6-,7-,10+/m1/s1. The van der Waals surface area contributed by atoms with Gasteiger partial charge in [0.05, 0.1) is 6.61 Å². The van der Waals surface area contributed by atoms with E-state index in [0.29, 0.717) is 4.57 Å². The van der Waals surface area contributed by atoms with Crippen molar-refractivity contribution in [1.82, 2.24) is 9.55 Å². The number of aromatic amines is 1. The summed E-state index contributed by atoms with van der Waals surface area (Å²) < 4.78 is 5.68. The normalized spacial score (nSPS) is 33.2. The van der Waals surface area contributed by atoms with Crippen LogP contribution in [0.15, 0.2) is 21.9 Å². The van der Waals surface area contributed by atoms with E-state index in [1.165, 1.54) is 0 Å². The van der Waals surface area contributed by atoms with Crippen LogP contribution in [-0.4, -0.2) is 55.7 Å². The largest absolute Gasteiger partial charge is 0.394 e. The maximum atomic E-state index is 11.7. The van der Waals surface area contributed by atoms with Crippen LogP contribution in [0.5, 0.6) is 0 Å². The van der Waals surface area contributed by atoms with E-state index in [9.17, 15) is 24.6 Å². The highest BCUT2D eigenvalue weighted by Crippen LogP contribution is 2.34. The third-order valence-corrected chi connectivity index (χ3v) is 3.15. The Morgan fingerprint density at radius 1 is 1.50 bits per heavy atom. The van der Waals surface area contributed by atoms with Crippen molar-refractivity contribution in [1.29, 1.82) is 0 Å². The van der Waals surface area contributed by atoms with Gasteiger partial charge in [0.25, 0.3) is 17.2 Å². The molecule has 1 aromatic rings. The number of hydrogen-bond acceptors (Lipinski definition) is 7. The fraction of sp³-hybridized carbons (Fsp3) is 0.500. The number of aromatic nitrogens is 2. The van der Waals surface area contributed by atoms with Crippen molar-refractivity contribution >= 4 is 5.91 Å². The van der Waals surface area contributed by atoms with Gasteiger partial charge in [0.2, 0.25) is 0 Å². The average molecular weight is 287 g/mol. The predicted octanol–water partition coefficient (Wildman–Crippen LogP) is -4.21. The monoisotopic (exact) mass is 287 g/mol. The average Bonchev–Trinajstić information content (AvgIpc) is 2.64. The van der Waals surface area contributed by atoms with Crippen LogP contribution in [0.3, 0.4) is 0 Å². The Kier molecular flexibility index (Phi) is 3.48. The Bertz CT molecular complexity index is 638. The van der Waals surface area contributed by atoms with Crippen molar-refractivity contribution in [2.45, 2.75) is 24.0 Å². The molecule has 110 valence electrons. The highest BCUT2D eigenvalue weighted by atomic mass is 16.6. The number of carbonyl (C=O) groups excluding carboxylic acids is 1. The number of primary amides is 1. The Hall–Kier alpha value is -2.01. The van der Waals surface area contributed by atoms with Crippen molar-refractivity contribution in [3.8, 4) is 0 Å². The van der Waals surface area contributed by atoms with Crippen molar-refractivity contribution in [3.05, 3.63) is 33.1 Å². The lowest BCUT2D eigenvalue weighted by Crippen LogP contribution is -2.59. The molecule has 20 heavy (non-hydrogen) atoms. The molecule has 0 radical (unpaired) electrons. The van der Waals surface area contributed by atoms with Gasteiger partial charge in [-0.25, -0.2) is 4.79 Å². The minimum atomic E-state index is -2.41. The lowest BCUT2D eigenvalue weighted by molar-refractivity contribution is -0.175. The number of H-pyrrole nitrogens is 1. The molecule has 0 aromatic carbocycles. The van der Waals surface area contributed by atoms with Crippen molar-refractivity contribution in [2.24, 2.45) is 5.73 Å². The number of rotatable bonds is 3. The number of hydrogen-bond donors (Lipinski definition) is 5. The van der Waals surface area contributed by atoms with Crippen molar-refractivity contribution < 1.29 is 24.9 Å². The van der Waals surface area contributed by atoms with Gasteiger partial charge < -0.3 is 25.8 Å². The second kappa shape index (κ2) is 4.83. The van der Waals surface area contributed by atoms with E-state index in [4.69, 9.17) is 15.6 Å². The fourth-order valence-corrected chi connectivity index (χ4v) is 2.15. The van der Waals surface area contributed by atoms with Gasteiger partial charge in [-0.15, -0.1) is 0 Å². The molecule has 1 aliphatic rings. The SMILES string of the molecule is NC(=O)[C@@]1(n2ccc(=O)[nH]c2=O)O[C@H](CO)[C@@H](O)[C@H]1O. The molecule has 1 saturated heterocycles. The summed E-state index contributed by atoms with van der Waals surface area (Å²) in [5.41, 5.74) is 0.985. The molecule has 10 nitrogen and oxygen atoms in total. The molecular formula is C10H13N3O7. The van der Waals surface area contributed by atoms with E-state index in [0.717, 1.165) is 12.3 Å². The van der Waals surface area contributed by atoms with Crippen LogP contribution in [0.1, 0.15) is 0 Å². The van der Waals surface area contributed by atoms with Crippen LogP contribution in [0.25, 0.3) is 0 Å². The molecule has 10 heteroatoms. The summed E-state index contributed by atoms with van der Waals surface area (Å²) in [5.74, 6) is -1.26. The van der Waals surface area contributed by atoms with Crippen LogP contribution in [0, 0.1) is 0 Å². The molecule has 1 aromatic heterocycles. The topological polar surface area (TPSA) is 168 Å². The number of nitrogens with one attached hydrogen (secondary N) is 1. The number of aliphatic hydroxyl groups excluding tert-OH is 3. The molecule has 1 fully saturated rings. The van der Waals surface area contributed by atoms with Crippen molar-refractivity contribution in [3.63, 3.8) is 0 Å². The predicted molar refractivity (Wildman–Crippen MR) is 62.5 cm³/mol. The minimum Gasteiger partial charge on any atom is -0.394 e. The van der Waals surface area contributed by atoms with E-state index < -0.39 is 47.8 Å². The van der Waals surface area contributed by atoms with E-state index in [-0.39, 0.29) is 0 Å². The smallest absolute Gasteiger partial charge is 0.331 e. The molecule has 0 aliphatic carbocycles.